The van der Waals surface area contributed by atoms with Gasteiger partial charge in [0, 0.05) is 0 Å². The highest BCUT2D eigenvalue weighted by atomic mass is 28.3. The van der Waals surface area contributed by atoms with Gasteiger partial charge in [0.15, 0.2) is 0 Å². The van der Waals surface area contributed by atoms with Gasteiger partial charge in [-0.1, -0.05) is 36.4 Å². The zero-order valence-corrected chi connectivity index (χ0v) is 11.1. The molecular weight excluding hydrogens is 208 g/mol. The van der Waals surface area contributed by atoms with E-state index < -0.39 is 8.80 Å². The van der Waals surface area contributed by atoms with Gasteiger partial charge in [-0.15, -0.1) is 0 Å². The van der Waals surface area contributed by atoms with E-state index in [4.69, 9.17) is 0 Å². The van der Waals surface area contributed by atoms with E-state index in [-0.39, 0.29) is 0 Å². The Balaban J connectivity index is 2.44. The van der Waals surface area contributed by atoms with Gasteiger partial charge in [-0.3, -0.25) is 0 Å². The molecule has 2 aromatic rings. The van der Waals surface area contributed by atoms with Gasteiger partial charge < -0.3 is 0 Å². The lowest BCUT2D eigenvalue weighted by Crippen LogP contribution is -2.41. The van der Waals surface area contributed by atoms with Crippen LogP contribution >= 0.6 is 0 Å². The number of hydrogen-bond acceptors (Lipinski definition) is 0. The van der Waals surface area contributed by atoms with Crippen LogP contribution in [-0.2, 0) is 0 Å². The smallest absolute Gasteiger partial charge is 0.0618 e. The maximum Gasteiger partial charge on any atom is 0.387 e. The van der Waals surface area contributed by atoms with Crippen molar-refractivity contribution in [3.05, 3.63) is 59.7 Å². The van der Waals surface area contributed by atoms with Crippen molar-refractivity contribution in [1.82, 2.24) is 0 Å². The molecule has 0 aliphatic heterocycles. The van der Waals surface area contributed by atoms with Crippen molar-refractivity contribution in [2.75, 3.05) is 0 Å². The molecule has 0 radical (unpaired) electrons. The zero-order valence-electron chi connectivity index (χ0n) is 10.1. The summed E-state index contributed by atoms with van der Waals surface area (Å²) in [5, 5.41) is 3.06. The SMILES string of the molecule is Cc1ccccc1[Si+](C)c1ccccc1C. The first-order valence-corrected chi connectivity index (χ1v) is 7.65. The summed E-state index contributed by atoms with van der Waals surface area (Å²) in [6.07, 6.45) is 0. The number of benzene rings is 2. The van der Waals surface area contributed by atoms with E-state index in [0.29, 0.717) is 0 Å². The zero-order chi connectivity index (χ0) is 11.5. The van der Waals surface area contributed by atoms with Gasteiger partial charge in [0.1, 0.15) is 10.4 Å². The molecule has 0 bridgehead atoms. The van der Waals surface area contributed by atoms with Crippen LogP contribution in [0.5, 0.6) is 0 Å². The lowest BCUT2D eigenvalue weighted by atomic mass is 10.2. The largest absolute Gasteiger partial charge is 0.387 e. The second kappa shape index (κ2) is 4.66. The molecule has 0 saturated heterocycles. The molecule has 0 nitrogen and oxygen atoms in total. The van der Waals surface area contributed by atoms with Crippen LogP contribution in [0.2, 0.25) is 6.55 Å². The highest BCUT2D eigenvalue weighted by Gasteiger charge is 2.29. The van der Waals surface area contributed by atoms with Gasteiger partial charge in [0.2, 0.25) is 0 Å². The van der Waals surface area contributed by atoms with Crippen LogP contribution in [0.1, 0.15) is 11.1 Å². The van der Waals surface area contributed by atoms with Crippen molar-refractivity contribution >= 4 is 19.2 Å². The van der Waals surface area contributed by atoms with Crippen molar-refractivity contribution < 1.29 is 0 Å². The van der Waals surface area contributed by atoms with Gasteiger partial charge in [0.25, 0.3) is 0 Å². The second-order valence-corrected chi connectivity index (χ2v) is 6.58. The first-order valence-electron chi connectivity index (χ1n) is 5.65. The third-order valence-corrected chi connectivity index (χ3v) is 5.84. The van der Waals surface area contributed by atoms with E-state index in [2.05, 4.69) is 68.9 Å². The molecule has 80 valence electrons. The molecule has 0 aliphatic carbocycles. The minimum atomic E-state index is -0.605. The molecule has 0 atom stereocenters. The molecule has 0 fully saturated rings. The molecule has 0 amide bonds. The number of rotatable bonds is 2. The first kappa shape index (κ1) is 11.2. The minimum absolute atomic E-state index is 0.605. The Hall–Kier alpha value is -1.34. The van der Waals surface area contributed by atoms with Crippen LogP contribution in [0.15, 0.2) is 48.5 Å². The van der Waals surface area contributed by atoms with Gasteiger partial charge in [-0.2, -0.15) is 0 Å². The van der Waals surface area contributed by atoms with Crippen LogP contribution in [0, 0.1) is 13.8 Å². The van der Waals surface area contributed by atoms with Crippen LogP contribution in [0.3, 0.4) is 0 Å². The highest BCUT2D eigenvalue weighted by Crippen LogP contribution is 2.00. The maximum absolute atomic E-state index is 2.38. The molecule has 1 heteroatoms. The van der Waals surface area contributed by atoms with Crippen molar-refractivity contribution in [2.24, 2.45) is 0 Å². The van der Waals surface area contributed by atoms with Crippen molar-refractivity contribution in [3.63, 3.8) is 0 Å². The fraction of sp³-hybridized carbons (Fsp3) is 0.200. The predicted molar refractivity (Wildman–Crippen MR) is 73.2 cm³/mol. The lowest BCUT2D eigenvalue weighted by molar-refractivity contribution is 1.49. The van der Waals surface area contributed by atoms with Crippen LogP contribution in [-0.4, -0.2) is 8.80 Å². The Morgan fingerprint density at radius 1 is 0.688 bits per heavy atom. The molecule has 2 aromatic carbocycles. The van der Waals surface area contributed by atoms with E-state index in [0.717, 1.165) is 0 Å². The van der Waals surface area contributed by atoms with E-state index in [9.17, 15) is 0 Å². The van der Waals surface area contributed by atoms with Crippen LogP contribution in [0.25, 0.3) is 0 Å². The Bertz CT molecular complexity index is 443. The van der Waals surface area contributed by atoms with Crippen molar-refractivity contribution in [1.29, 1.82) is 0 Å². The molecular formula is C15H17Si+. The topological polar surface area (TPSA) is 0 Å². The Labute approximate surface area is 99.6 Å². The van der Waals surface area contributed by atoms with E-state index in [1.807, 2.05) is 0 Å². The van der Waals surface area contributed by atoms with Gasteiger partial charge in [-0.05, 0) is 37.1 Å². The summed E-state index contributed by atoms with van der Waals surface area (Å²) in [6.45, 7) is 6.80. The molecule has 0 aliphatic rings. The summed E-state index contributed by atoms with van der Waals surface area (Å²) in [5.41, 5.74) is 2.84. The van der Waals surface area contributed by atoms with Gasteiger partial charge >= 0.3 is 8.80 Å². The third-order valence-electron chi connectivity index (χ3n) is 3.10. The number of hydrogen-bond donors (Lipinski definition) is 0. The predicted octanol–water partition coefficient (Wildman–Crippen LogP) is 2.54. The van der Waals surface area contributed by atoms with E-state index in [1.165, 1.54) is 21.5 Å². The molecule has 0 unspecified atom stereocenters. The van der Waals surface area contributed by atoms with E-state index in [1.54, 1.807) is 0 Å². The van der Waals surface area contributed by atoms with Gasteiger partial charge in [0.05, 0.1) is 6.55 Å². The summed E-state index contributed by atoms with van der Waals surface area (Å²) in [6, 6.07) is 17.5. The summed E-state index contributed by atoms with van der Waals surface area (Å²) >= 11 is 0. The molecule has 0 N–H and O–H groups in total. The standard InChI is InChI=1S/C15H17Si/c1-12-8-4-6-10-14(12)16(3)15-11-7-5-9-13(15)2/h4-11H,1-3H3/q+1. The second-order valence-electron chi connectivity index (χ2n) is 4.25. The Morgan fingerprint density at radius 2 is 1.06 bits per heavy atom. The first-order chi connectivity index (χ1) is 7.70. The summed E-state index contributed by atoms with van der Waals surface area (Å²) in [5.74, 6) is 0. The van der Waals surface area contributed by atoms with Gasteiger partial charge in [-0.25, -0.2) is 0 Å². The molecule has 16 heavy (non-hydrogen) atoms. The highest BCUT2D eigenvalue weighted by molar-refractivity contribution is 6.84. The summed E-state index contributed by atoms with van der Waals surface area (Å²) in [4.78, 5) is 0. The minimum Gasteiger partial charge on any atom is -0.0618 e. The quantitative estimate of drug-likeness (QED) is 0.689. The number of aryl methyl sites for hydroxylation is 2. The molecule has 2 rings (SSSR count). The average molecular weight is 225 g/mol. The Kier molecular flexibility index (Phi) is 3.25. The van der Waals surface area contributed by atoms with Crippen LogP contribution in [0.4, 0.5) is 0 Å². The third kappa shape index (κ3) is 2.09. The van der Waals surface area contributed by atoms with Crippen LogP contribution < -0.4 is 10.4 Å². The normalized spacial score (nSPS) is 10.2. The molecule has 0 aromatic heterocycles. The van der Waals surface area contributed by atoms with E-state index >= 15 is 0 Å². The fourth-order valence-electron chi connectivity index (χ4n) is 2.13. The monoisotopic (exact) mass is 225 g/mol. The van der Waals surface area contributed by atoms with Crippen molar-refractivity contribution in [3.8, 4) is 0 Å². The fourth-order valence-corrected chi connectivity index (χ4v) is 4.46. The van der Waals surface area contributed by atoms with Crippen molar-refractivity contribution in [2.45, 2.75) is 20.4 Å². The Morgan fingerprint density at radius 3 is 1.44 bits per heavy atom. The molecule has 0 spiro atoms. The molecule has 0 heterocycles. The summed E-state index contributed by atoms with van der Waals surface area (Å²) < 4.78 is 0. The summed E-state index contributed by atoms with van der Waals surface area (Å²) in [7, 11) is -0.605. The maximum atomic E-state index is 2.38. The molecule has 0 saturated carbocycles. The average Bonchev–Trinajstić information content (AvgIpc) is 2.29. The lowest BCUT2D eigenvalue weighted by Gasteiger charge is -2.03.